The highest BCUT2D eigenvalue weighted by Gasteiger charge is 2.60. The van der Waals surface area contributed by atoms with Gasteiger partial charge in [-0.05, 0) is 39.0 Å². The van der Waals surface area contributed by atoms with E-state index in [1.54, 1.807) is 18.5 Å². The summed E-state index contributed by atoms with van der Waals surface area (Å²) in [7, 11) is 0. The van der Waals surface area contributed by atoms with E-state index < -0.39 is 17.3 Å². The number of para-hydroxylation sites is 1. The van der Waals surface area contributed by atoms with E-state index in [0.717, 1.165) is 11.3 Å². The lowest BCUT2D eigenvalue weighted by Gasteiger charge is -2.34. The van der Waals surface area contributed by atoms with Gasteiger partial charge in [0.1, 0.15) is 11.0 Å². The summed E-state index contributed by atoms with van der Waals surface area (Å²) in [6, 6.07) is 15.0. The number of anilines is 1. The number of amides is 1. The molecule has 32 heavy (non-hydrogen) atoms. The smallest absolute Gasteiger partial charge is 0.341 e. The molecule has 1 spiro atoms. The van der Waals surface area contributed by atoms with Crippen molar-refractivity contribution >= 4 is 17.6 Å². The maximum Gasteiger partial charge on any atom is 0.341 e. The number of fused-ring (bicyclic) bond motifs is 4. The van der Waals surface area contributed by atoms with Gasteiger partial charge in [0, 0.05) is 11.3 Å². The number of rotatable bonds is 3. The van der Waals surface area contributed by atoms with Crippen molar-refractivity contribution in [1.82, 2.24) is 9.78 Å². The molecule has 162 valence electrons. The molecule has 0 unspecified atom stereocenters. The first kappa shape index (κ1) is 19.9. The molecule has 0 saturated carbocycles. The van der Waals surface area contributed by atoms with E-state index in [9.17, 15) is 9.59 Å². The van der Waals surface area contributed by atoms with E-state index in [1.165, 1.54) is 0 Å². The Labute approximate surface area is 184 Å². The van der Waals surface area contributed by atoms with Crippen LogP contribution in [0, 0.1) is 13.8 Å². The number of hydrogen-bond acceptors (Lipinski definition) is 6. The van der Waals surface area contributed by atoms with Crippen LogP contribution in [0.2, 0.25) is 0 Å². The number of ether oxygens (including phenoxy) is 2. The quantitative estimate of drug-likeness (QED) is 0.619. The summed E-state index contributed by atoms with van der Waals surface area (Å²) in [5.41, 5.74) is 8.67. The molecule has 2 aliphatic heterocycles. The summed E-state index contributed by atoms with van der Waals surface area (Å²) in [6.07, 6.45) is 0. The Kier molecular flexibility index (Phi) is 4.33. The zero-order valence-electron chi connectivity index (χ0n) is 17.9. The van der Waals surface area contributed by atoms with Crippen molar-refractivity contribution in [1.29, 1.82) is 0 Å². The fourth-order valence-electron chi connectivity index (χ4n) is 4.61. The molecule has 3 N–H and O–H groups in total. The van der Waals surface area contributed by atoms with Gasteiger partial charge in [-0.3, -0.25) is 4.79 Å². The third kappa shape index (κ3) is 2.52. The van der Waals surface area contributed by atoms with Gasteiger partial charge in [0.15, 0.2) is 0 Å². The lowest BCUT2D eigenvalue weighted by Crippen LogP contribution is -2.46. The zero-order valence-corrected chi connectivity index (χ0v) is 17.9. The molecule has 8 heteroatoms. The standard InChI is InChI=1S/C24H22N4O4/c1-4-31-22(29)19-20(25)32-21-18(14(3)27-28(21)15-8-6-5-7-9-15)24(19)16-12-13(2)10-11-17(16)26-23(24)30/h5-12H,4,25H2,1-3H3,(H,26,30)/t24-/m0/s1. The second-order valence-electron chi connectivity index (χ2n) is 7.83. The van der Waals surface area contributed by atoms with Crippen LogP contribution in [0.4, 0.5) is 5.69 Å². The first-order valence-corrected chi connectivity index (χ1v) is 10.3. The number of hydrogen-bond donors (Lipinski definition) is 2. The van der Waals surface area contributed by atoms with Gasteiger partial charge in [-0.1, -0.05) is 35.9 Å². The molecule has 5 rings (SSSR count). The minimum absolute atomic E-state index is 0.0376. The summed E-state index contributed by atoms with van der Waals surface area (Å²) in [5.74, 6) is -0.988. The molecule has 0 fully saturated rings. The van der Waals surface area contributed by atoms with Gasteiger partial charge in [-0.15, -0.1) is 0 Å². The van der Waals surface area contributed by atoms with E-state index in [0.29, 0.717) is 28.4 Å². The number of carbonyl (C=O) groups excluding carboxylic acids is 2. The van der Waals surface area contributed by atoms with Gasteiger partial charge < -0.3 is 20.5 Å². The van der Waals surface area contributed by atoms with Crippen LogP contribution in [0.25, 0.3) is 5.69 Å². The first-order chi connectivity index (χ1) is 15.4. The predicted octanol–water partition coefficient (Wildman–Crippen LogP) is 2.85. The zero-order chi connectivity index (χ0) is 22.6. The van der Waals surface area contributed by atoms with Crippen LogP contribution in [-0.2, 0) is 19.7 Å². The lowest BCUT2D eigenvalue weighted by atomic mass is 9.68. The molecule has 1 amide bonds. The maximum atomic E-state index is 13.7. The van der Waals surface area contributed by atoms with Gasteiger partial charge in [-0.25, -0.2) is 9.48 Å². The van der Waals surface area contributed by atoms with Crippen molar-refractivity contribution in [2.75, 3.05) is 11.9 Å². The Hall–Kier alpha value is -4.07. The molecule has 0 radical (unpaired) electrons. The Morgan fingerprint density at radius 1 is 1.22 bits per heavy atom. The molecule has 0 bridgehead atoms. The average Bonchev–Trinajstić information content (AvgIpc) is 3.24. The SMILES string of the molecule is CCOC(=O)C1=C(N)Oc2c(c(C)nn2-c2ccccc2)[C@]12C(=O)Nc1ccc(C)cc12. The van der Waals surface area contributed by atoms with Crippen LogP contribution in [0.3, 0.4) is 0 Å². The average molecular weight is 430 g/mol. The Balaban J connectivity index is 1.89. The molecule has 3 aromatic rings. The largest absolute Gasteiger partial charge is 0.462 e. The fraction of sp³-hybridized carbons (Fsp3) is 0.208. The minimum atomic E-state index is -1.54. The molecule has 1 atom stereocenters. The van der Waals surface area contributed by atoms with E-state index in [-0.39, 0.29) is 18.1 Å². The van der Waals surface area contributed by atoms with Crippen molar-refractivity contribution in [2.45, 2.75) is 26.2 Å². The van der Waals surface area contributed by atoms with Crippen molar-refractivity contribution < 1.29 is 19.1 Å². The number of nitrogens with two attached hydrogens (primary N) is 1. The third-order valence-corrected chi connectivity index (χ3v) is 5.87. The van der Waals surface area contributed by atoms with E-state index >= 15 is 0 Å². The molecule has 2 aromatic carbocycles. The summed E-state index contributed by atoms with van der Waals surface area (Å²) in [5, 5.41) is 7.58. The van der Waals surface area contributed by atoms with Crippen LogP contribution in [0.5, 0.6) is 5.88 Å². The molecule has 0 saturated heterocycles. The molecular formula is C24H22N4O4. The Morgan fingerprint density at radius 2 is 1.97 bits per heavy atom. The van der Waals surface area contributed by atoms with Gasteiger partial charge in [-0.2, -0.15) is 5.10 Å². The van der Waals surface area contributed by atoms with Crippen LogP contribution in [0.15, 0.2) is 60.0 Å². The monoisotopic (exact) mass is 430 g/mol. The van der Waals surface area contributed by atoms with Gasteiger partial charge in [0.25, 0.3) is 0 Å². The summed E-state index contributed by atoms with van der Waals surface area (Å²) in [6.45, 7) is 5.54. The molecule has 1 aromatic heterocycles. The lowest BCUT2D eigenvalue weighted by molar-refractivity contribution is -0.140. The highest BCUT2D eigenvalue weighted by molar-refractivity contribution is 6.17. The van der Waals surface area contributed by atoms with Gasteiger partial charge >= 0.3 is 5.97 Å². The van der Waals surface area contributed by atoms with Gasteiger partial charge in [0.05, 0.1) is 23.6 Å². The second kappa shape index (κ2) is 6.98. The van der Waals surface area contributed by atoms with Crippen molar-refractivity contribution in [3.8, 4) is 11.6 Å². The number of nitrogens with zero attached hydrogens (tertiary/aromatic N) is 2. The summed E-state index contributed by atoms with van der Waals surface area (Å²) in [4.78, 5) is 26.9. The Bertz CT molecular complexity index is 1310. The molecule has 2 aliphatic rings. The Morgan fingerprint density at radius 3 is 2.69 bits per heavy atom. The van der Waals surface area contributed by atoms with Crippen molar-refractivity contribution in [3.63, 3.8) is 0 Å². The van der Waals surface area contributed by atoms with E-state index in [4.69, 9.17) is 15.2 Å². The molecular weight excluding hydrogens is 408 g/mol. The third-order valence-electron chi connectivity index (χ3n) is 5.87. The number of nitrogens with one attached hydrogen (secondary N) is 1. The maximum absolute atomic E-state index is 13.7. The van der Waals surface area contributed by atoms with Gasteiger partial charge in [0.2, 0.25) is 17.7 Å². The minimum Gasteiger partial charge on any atom is -0.462 e. The fourth-order valence-corrected chi connectivity index (χ4v) is 4.61. The van der Waals surface area contributed by atoms with Crippen LogP contribution in [-0.4, -0.2) is 28.3 Å². The van der Waals surface area contributed by atoms with Crippen LogP contribution >= 0.6 is 0 Å². The van der Waals surface area contributed by atoms with Crippen LogP contribution in [0.1, 0.15) is 29.3 Å². The number of aryl methyl sites for hydroxylation is 2. The highest BCUT2D eigenvalue weighted by atomic mass is 16.5. The topological polar surface area (TPSA) is 108 Å². The number of benzene rings is 2. The number of aromatic nitrogens is 2. The van der Waals surface area contributed by atoms with Crippen molar-refractivity contribution in [3.05, 3.63) is 82.4 Å². The predicted molar refractivity (Wildman–Crippen MR) is 117 cm³/mol. The summed E-state index contributed by atoms with van der Waals surface area (Å²) >= 11 is 0. The van der Waals surface area contributed by atoms with Crippen molar-refractivity contribution in [2.24, 2.45) is 5.73 Å². The molecule has 0 aliphatic carbocycles. The van der Waals surface area contributed by atoms with Crippen LogP contribution < -0.4 is 15.8 Å². The molecule has 8 nitrogen and oxygen atoms in total. The molecule has 3 heterocycles. The normalized spacial score (nSPS) is 18.8. The first-order valence-electron chi connectivity index (χ1n) is 10.3. The van der Waals surface area contributed by atoms with E-state index in [2.05, 4.69) is 10.4 Å². The highest BCUT2D eigenvalue weighted by Crippen LogP contribution is 2.55. The number of carbonyl (C=O) groups is 2. The van der Waals surface area contributed by atoms with E-state index in [1.807, 2.05) is 55.5 Å². The summed E-state index contributed by atoms with van der Waals surface area (Å²) < 4.78 is 12.9. The second-order valence-corrected chi connectivity index (χ2v) is 7.83. The number of esters is 1.